The van der Waals surface area contributed by atoms with Crippen LogP contribution in [0.5, 0.6) is 0 Å². The van der Waals surface area contributed by atoms with Gasteiger partial charge in [0.2, 0.25) is 0 Å². The summed E-state index contributed by atoms with van der Waals surface area (Å²) >= 11 is 0. The van der Waals surface area contributed by atoms with Crippen molar-refractivity contribution in [1.82, 2.24) is 5.32 Å². The molecule has 0 saturated carbocycles. The van der Waals surface area contributed by atoms with Crippen molar-refractivity contribution < 1.29 is 13.2 Å². The molecule has 1 nitrogen and oxygen atoms in total. The maximum atomic E-state index is 12.5. The molecule has 0 aromatic heterocycles. The largest absolute Gasteiger partial charge is 0.416 e. The molecule has 0 aliphatic rings. The van der Waals surface area contributed by atoms with Crippen molar-refractivity contribution >= 4 is 0 Å². The van der Waals surface area contributed by atoms with Crippen molar-refractivity contribution in [3.05, 3.63) is 35.4 Å². The van der Waals surface area contributed by atoms with Crippen LogP contribution in [0.1, 0.15) is 37.8 Å². The monoisotopic (exact) mass is 273 g/mol. The first-order valence-corrected chi connectivity index (χ1v) is 6.70. The van der Waals surface area contributed by atoms with Crippen LogP contribution in [0.3, 0.4) is 0 Å². The van der Waals surface area contributed by atoms with E-state index in [2.05, 4.69) is 19.2 Å². The smallest absolute Gasteiger partial charge is 0.317 e. The van der Waals surface area contributed by atoms with E-state index < -0.39 is 11.7 Å². The first kappa shape index (κ1) is 16.0. The van der Waals surface area contributed by atoms with Crippen LogP contribution in [0.15, 0.2) is 24.3 Å². The van der Waals surface area contributed by atoms with Crippen LogP contribution in [-0.2, 0) is 12.6 Å². The summed E-state index contributed by atoms with van der Waals surface area (Å²) in [6.07, 6.45) is -1.34. The van der Waals surface area contributed by atoms with Crippen LogP contribution in [0.25, 0.3) is 0 Å². The fraction of sp³-hybridized carbons (Fsp3) is 0.600. The van der Waals surface area contributed by atoms with Crippen molar-refractivity contribution in [2.75, 3.05) is 7.05 Å². The van der Waals surface area contributed by atoms with Gasteiger partial charge in [0.15, 0.2) is 0 Å². The minimum atomic E-state index is -4.25. The minimum absolute atomic E-state index is 0.312. The van der Waals surface area contributed by atoms with Gasteiger partial charge in [0.25, 0.3) is 0 Å². The summed E-state index contributed by atoms with van der Waals surface area (Å²) in [4.78, 5) is 0. The van der Waals surface area contributed by atoms with Gasteiger partial charge in [-0.05, 0) is 43.5 Å². The number of likely N-dealkylation sites (N-methyl/N-ethyl adjacent to an activating group) is 1. The van der Waals surface area contributed by atoms with E-state index in [1.54, 1.807) is 12.1 Å². The number of alkyl halides is 3. The van der Waals surface area contributed by atoms with Gasteiger partial charge >= 0.3 is 6.18 Å². The molecule has 1 N–H and O–H groups in total. The lowest BCUT2D eigenvalue weighted by molar-refractivity contribution is -0.137. The van der Waals surface area contributed by atoms with Gasteiger partial charge in [-0.15, -0.1) is 0 Å². The summed E-state index contributed by atoms with van der Waals surface area (Å²) < 4.78 is 37.4. The van der Waals surface area contributed by atoms with Crippen LogP contribution < -0.4 is 5.32 Å². The van der Waals surface area contributed by atoms with E-state index in [0.29, 0.717) is 12.0 Å². The quantitative estimate of drug-likeness (QED) is 0.816. The molecule has 0 radical (unpaired) electrons. The standard InChI is InChI=1S/C15H22F3N/c1-4-11(2)9-14(19-3)10-12-5-7-13(8-6-12)15(16,17)18/h5-8,11,14,19H,4,9-10H2,1-3H3. The van der Waals surface area contributed by atoms with E-state index in [1.165, 1.54) is 0 Å². The fourth-order valence-electron chi connectivity index (χ4n) is 2.07. The number of nitrogens with one attached hydrogen (secondary N) is 1. The maximum Gasteiger partial charge on any atom is 0.416 e. The Labute approximate surface area is 113 Å². The molecule has 0 aliphatic heterocycles. The predicted octanol–water partition coefficient (Wildman–Crippen LogP) is 4.27. The molecule has 1 aromatic rings. The molecule has 0 aliphatic carbocycles. The van der Waals surface area contributed by atoms with Gasteiger partial charge in [-0.1, -0.05) is 32.4 Å². The van der Waals surface area contributed by atoms with Crippen LogP contribution in [0.2, 0.25) is 0 Å². The van der Waals surface area contributed by atoms with Crippen LogP contribution in [0, 0.1) is 5.92 Å². The Morgan fingerprint density at radius 1 is 1.16 bits per heavy atom. The molecule has 0 spiro atoms. The molecule has 108 valence electrons. The summed E-state index contributed by atoms with van der Waals surface area (Å²) in [5, 5.41) is 3.24. The summed E-state index contributed by atoms with van der Waals surface area (Å²) in [6, 6.07) is 5.77. The van der Waals surface area contributed by atoms with Gasteiger partial charge < -0.3 is 5.32 Å². The van der Waals surface area contributed by atoms with Gasteiger partial charge in [0, 0.05) is 6.04 Å². The molecule has 4 heteroatoms. The highest BCUT2D eigenvalue weighted by Gasteiger charge is 2.29. The van der Waals surface area contributed by atoms with Gasteiger partial charge in [-0.2, -0.15) is 13.2 Å². The summed E-state index contributed by atoms with van der Waals surface area (Å²) in [7, 11) is 1.90. The van der Waals surface area contributed by atoms with Crippen LogP contribution in [-0.4, -0.2) is 13.1 Å². The number of hydrogen-bond donors (Lipinski definition) is 1. The highest BCUT2D eigenvalue weighted by atomic mass is 19.4. The SMILES string of the molecule is CCC(C)CC(Cc1ccc(C(F)(F)F)cc1)NC. The van der Waals surface area contributed by atoms with Crippen molar-refractivity contribution in [2.24, 2.45) is 5.92 Å². The highest BCUT2D eigenvalue weighted by molar-refractivity contribution is 5.25. The van der Waals surface area contributed by atoms with Crippen molar-refractivity contribution in [3.8, 4) is 0 Å². The molecule has 0 saturated heterocycles. The van der Waals surface area contributed by atoms with Gasteiger partial charge in [-0.3, -0.25) is 0 Å². The fourth-order valence-corrected chi connectivity index (χ4v) is 2.07. The van der Waals surface area contributed by atoms with Crippen molar-refractivity contribution in [3.63, 3.8) is 0 Å². The van der Waals surface area contributed by atoms with E-state index in [0.717, 1.165) is 37.0 Å². The Balaban J connectivity index is 2.65. The van der Waals surface area contributed by atoms with Gasteiger partial charge in [0.1, 0.15) is 0 Å². The van der Waals surface area contributed by atoms with E-state index in [-0.39, 0.29) is 0 Å². The van der Waals surface area contributed by atoms with Crippen LogP contribution >= 0.6 is 0 Å². The Bertz CT molecular complexity index is 370. The normalized spacial score (nSPS) is 15.3. The maximum absolute atomic E-state index is 12.5. The topological polar surface area (TPSA) is 12.0 Å². The average molecular weight is 273 g/mol. The Morgan fingerprint density at radius 2 is 1.74 bits per heavy atom. The third-order valence-corrected chi connectivity index (χ3v) is 3.56. The number of benzene rings is 1. The Kier molecular flexibility index (Phi) is 5.85. The second-order valence-corrected chi connectivity index (χ2v) is 5.13. The van der Waals surface area contributed by atoms with Gasteiger partial charge in [0.05, 0.1) is 5.56 Å². The molecule has 0 heterocycles. The van der Waals surface area contributed by atoms with E-state index in [1.807, 2.05) is 7.05 Å². The predicted molar refractivity (Wildman–Crippen MR) is 72.1 cm³/mol. The summed E-state index contributed by atoms with van der Waals surface area (Å²) in [5.41, 5.74) is 0.356. The second kappa shape index (κ2) is 6.94. The molecule has 19 heavy (non-hydrogen) atoms. The first-order valence-electron chi connectivity index (χ1n) is 6.70. The molecule has 0 bridgehead atoms. The van der Waals surface area contributed by atoms with Crippen molar-refractivity contribution in [2.45, 2.75) is 45.3 Å². The molecular weight excluding hydrogens is 251 g/mol. The summed E-state index contributed by atoms with van der Waals surface area (Å²) in [6.45, 7) is 4.34. The lowest BCUT2D eigenvalue weighted by Crippen LogP contribution is -2.29. The van der Waals surface area contributed by atoms with E-state index >= 15 is 0 Å². The van der Waals surface area contributed by atoms with Gasteiger partial charge in [-0.25, -0.2) is 0 Å². The Morgan fingerprint density at radius 3 is 2.16 bits per heavy atom. The highest BCUT2D eigenvalue weighted by Crippen LogP contribution is 2.29. The lowest BCUT2D eigenvalue weighted by atomic mass is 9.94. The zero-order valence-electron chi connectivity index (χ0n) is 11.7. The molecule has 0 amide bonds. The summed E-state index contributed by atoms with van der Waals surface area (Å²) in [5.74, 6) is 0.617. The molecule has 1 aromatic carbocycles. The zero-order chi connectivity index (χ0) is 14.5. The molecule has 2 atom stereocenters. The second-order valence-electron chi connectivity index (χ2n) is 5.13. The van der Waals surface area contributed by atoms with Crippen LogP contribution in [0.4, 0.5) is 13.2 Å². The lowest BCUT2D eigenvalue weighted by Gasteiger charge is -2.20. The van der Waals surface area contributed by atoms with E-state index in [4.69, 9.17) is 0 Å². The zero-order valence-corrected chi connectivity index (χ0v) is 11.7. The molecule has 1 rings (SSSR count). The van der Waals surface area contributed by atoms with E-state index in [9.17, 15) is 13.2 Å². The third-order valence-electron chi connectivity index (χ3n) is 3.56. The number of rotatable bonds is 6. The number of hydrogen-bond acceptors (Lipinski definition) is 1. The third kappa shape index (κ3) is 5.23. The minimum Gasteiger partial charge on any atom is -0.317 e. The number of halogens is 3. The molecule has 2 unspecified atom stereocenters. The average Bonchev–Trinajstić information content (AvgIpc) is 2.37. The molecular formula is C15H22F3N. The van der Waals surface area contributed by atoms with Crippen molar-refractivity contribution in [1.29, 1.82) is 0 Å². The Hall–Kier alpha value is -1.03. The first-order chi connectivity index (χ1) is 8.86. The molecule has 0 fully saturated rings.